The van der Waals surface area contributed by atoms with Crippen molar-refractivity contribution in [1.29, 1.82) is 0 Å². The lowest BCUT2D eigenvalue weighted by molar-refractivity contribution is -0.143. The second-order valence-electron chi connectivity index (χ2n) is 6.17. The number of halogens is 1. The van der Waals surface area contributed by atoms with Gasteiger partial charge in [0.1, 0.15) is 0 Å². The number of rotatable bonds is 1. The maximum atomic E-state index is 6.53. The molecule has 1 N–H and O–H groups in total. The maximum Gasteiger partial charge on any atom is 0.0957 e. The Balaban J connectivity index is 1.75. The lowest BCUT2D eigenvalue weighted by Crippen LogP contribution is -2.52. The van der Waals surface area contributed by atoms with E-state index in [1.807, 2.05) is 0 Å². The predicted molar refractivity (Wildman–Crippen MR) is 81.2 cm³/mol. The van der Waals surface area contributed by atoms with Gasteiger partial charge >= 0.3 is 0 Å². The first-order valence-electron chi connectivity index (χ1n) is 7.31. The number of hydrogen-bond donors (Lipinski definition) is 1. The Kier molecular flexibility index (Phi) is 3.97. The minimum atomic E-state index is 0.0770. The largest absolute Gasteiger partial charge is 0.364 e. The van der Waals surface area contributed by atoms with E-state index < -0.39 is 0 Å². The van der Waals surface area contributed by atoms with Crippen LogP contribution in [-0.4, -0.2) is 18.7 Å². The summed E-state index contributed by atoms with van der Waals surface area (Å²) in [6.45, 7) is 4.30. The van der Waals surface area contributed by atoms with Crippen LogP contribution >= 0.6 is 15.9 Å². The normalized spacial score (nSPS) is 35.5. The van der Waals surface area contributed by atoms with E-state index in [0.717, 1.165) is 23.5 Å². The molecule has 3 heteroatoms. The van der Waals surface area contributed by atoms with Crippen molar-refractivity contribution in [2.75, 3.05) is 13.1 Å². The van der Waals surface area contributed by atoms with Gasteiger partial charge < -0.3 is 10.1 Å². The smallest absolute Gasteiger partial charge is 0.0957 e. The van der Waals surface area contributed by atoms with E-state index in [4.69, 9.17) is 4.74 Å². The number of nitrogens with one attached hydrogen (secondary N) is 1. The summed E-state index contributed by atoms with van der Waals surface area (Å²) in [4.78, 5) is 0. The van der Waals surface area contributed by atoms with Crippen LogP contribution < -0.4 is 5.32 Å². The molecule has 0 amide bonds. The van der Waals surface area contributed by atoms with Crippen LogP contribution in [0.15, 0.2) is 28.7 Å². The molecule has 0 bridgehead atoms. The van der Waals surface area contributed by atoms with Gasteiger partial charge in [-0.15, -0.1) is 0 Å². The second-order valence-corrected chi connectivity index (χ2v) is 7.09. The number of morpholine rings is 1. The minimum Gasteiger partial charge on any atom is -0.364 e. The summed E-state index contributed by atoms with van der Waals surface area (Å²) < 4.78 is 7.66. The van der Waals surface area contributed by atoms with E-state index in [1.165, 1.54) is 31.2 Å². The molecule has 1 aromatic carbocycles. The third-order valence-corrected chi connectivity index (χ3v) is 4.99. The third kappa shape index (κ3) is 3.04. The molecule has 19 heavy (non-hydrogen) atoms. The molecule has 2 nitrogen and oxygen atoms in total. The fourth-order valence-corrected chi connectivity index (χ4v) is 3.82. The van der Waals surface area contributed by atoms with E-state index in [-0.39, 0.29) is 11.7 Å². The lowest BCUT2D eigenvalue weighted by atomic mass is 9.77. The molecular weight excluding hydrogens is 302 g/mol. The lowest BCUT2D eigenvalue weighted by Gasteiger charge is -2.46. The maximum absolute atomic E-state index is 6.53. The van der Waals surface area contributed by atoms with Crippen LogP contribution in [0.25, 0.3) is 0 Å². The zero-order chi connectivity index (χ0) is 13.3. The monoisotopic (exact) mass is 323 g/mol. The molecule has 1 aromatic rings. The van der Waals surface area contributed by atoms with Gasteiger partial charge in [0.25, 0.3) is 0 Å². The minimum absolute atomic E-state index is 0.0770. The summed E-state index contributed by atoms with van der Waals surface area (Å²) in [5.74, 6) is 0.791. The van der Waals surface area contributed by atoms with Crippen LogP contribution in [0.4, 0.5) is 0 Å². The highest BCUT2D eigenvalue weighted by molar-refractivity contribution is 9.10. The Morgan fingerprint density at radius 3 is 2.84 bits per heavy atom. The van der Waals surface area contributed by atoms with Crippen LogP contribution in [0, 0.1) is 5.92 Å². The SMILES string of the molecule is CC1CCCC2(CNCC(c3ccc(Br)cc3)O2)C1. The molecule has 1 spiro atoms. The average Bonchev–Trinajstić information content (AvgIpc) is 2.39. The quantitative estimate of drug-likeness (QED) is 0.841. The van der Waals surface area contributed by atoms with Crippen LogP contribution in [0.2, 0.25) is 0 Å². The van der Waals surface area contributed by atoms with Gasteiger partial charge in [-0.05, 0) is 36.5 Å². The first-order chi connectivity index (χ1) is 9.17. The van der Waals surface area contributed by atoms with Gasteiger partial charge in [0, 0.05) is 17.6 Å². The molecule has 1 saturated carbocycles. The van der Waals surface area contributed by atoms with Crippen LogP contribution in [0.5, 0.6) is 0 Å². The number of ether oxygens (including phenoxy) is 1. The molecule has 3 unspecified atom stereocenters. The number of benzene rings is 1. The summed E-state index contributed by atoms with van der Waals surface area (Å²) in [5, 5.41) is 3.59. The van der Waals surface area contributed by atoms with E-state index >= 15 is 0 Å². The summed E-state index contributed by atoms with van der Waals surface area (Å²) in [6, 6.07) is 8.54. The molecule has 1 aliphatic heterocycles. The van der Waals surface area contributed by atoms with Crippen molar-refractivity contribution in [3.8, 4) is 0 Å². The van der Waals surface area contributed by atoms with Crippen molar-refractivity contribution in [3.63, 3.8) is 0 Å². The standard InChI is InChI=1S/C16H22BrNO/c1-12-3-2-8-16(9-12)11-18-10-15(19-16)13-4-6-14(17)7-5-13/h4-7,12,15,18H,2-3,8-11H2,1H3. The van der Waals surface area contributed by atoms with Gasteiger partial charge in [-0.1, -0.05) is 47.8 Å². The Bertz CT molecular complexity index is 429. The van der Waals surface area contributed by atoms with Gasteiger partial charge in [0.2, 0.25) is 0 Å². The molecule has 1 aliphatic carbocycles. The van der Waals surface area contributed by atoms with E-state index in [1.54, 1.807) is 0 Å². The zero-order valence-electron chi connectivity index (χ0n) is 11.5. The van der Waals surface area contributed by atoms with Crippen LogP contribution in [0.1, 0.15) is 44.3 Å². The fourth-order valence-electron chi connectivity index (χ4n) is 3.56. The highest BCUT2D eigenvalue weighted by Crippen LogP contribution is 2.40. The Hall–Kier alpha value is -0.380. The van der Waals surface area contributed by atoms with E-state index in [9.17, 15) is 0 Å². The van der Waals surface area contributed by atoms with Gasteiger partial charge in [-0.25, -0.2) is 0 Å². The molecule has 2 fully saturated rings. The van der Waals surface area contributed by atoms with E-state index in [0.29, 0.717) is 0 Å². The molecule has 0 radical (unpaired) electrons. The molecule has 104 valence electrons. The summed E-state index contributed by atoms with van der Waals surface area (Å²) in [6.07, 6.45) is 5.26. The van der Waals surface area contributed by atoms with Crippen molar-refractivity contribution in [3.05, 3.63) is 34.3 Å². The van der Waals surface area contributed by atoms with Gasteiger partial charge in [0.05, 0.1) is 11.7 Å². The van der Waals surface area contributed by atoms with Crippen molar-refractivity contribution in [2.24, 2.45) is 5.92 Å². The summed E-state index contributed by atoms with van der Waals surface area (Å²) >= 11 is 3.49. The first kappa shape index (κ1) is 13.6. The van der Waals surface area contributed by atoms with Crippen molar-refractivity contribution >= 4 is 15.9 Å². The van der Waals surface area contributed by atoms with Gasteiger partial charge in [-0.3, -0.25) is 0 Å². The molecule has 3 rings (SSSR count). The molecule has 1 saturated heterocycles. The molecule has 0 aromatic heterocycles. The Morgan fingerprint density at radius 1 is 1.32 bits per heavy atom. The topological polar surface area (TPSA) is 21.3 Å². The third-order valence-electron chi connectivity index (χ3n) is 4.46. The zero-order valence-corrected chi connectivity index (χ0v) is 13.1. The summed E-state index contributed by atoms with van der Waals surface area (Å²) in [7, 11) is 0. The predicted octanol–water partition coefficient (Wildman–Crippen LogP) is 4.06. The van der Waals surface area contributed by atoms with Crippen molar-refractivity contribution in [1.82, 2.24) is 5.32 Å². The highest BCUT2D eigenvalue weighted by Gasteiger charge is 2.40. The Labute approximate surface area is 124 Å². The summed E-state index contributed by atoms with van der Waals surface area (Å²) in [5.41, 5.74) is 1.36. The second kappa shape index (κ2) is 5.55. The van der Waals surface area contributed by atoms with Crippen LogP contribution in [-0.2, 0) is 4.74 Å². The number of hydrogen-bond acceptors (Lipinski definition) is 2. The first-order valence-corrected chi connectivity index (χ1v) is 8.10. The Morgan fingerprint density at radius 2 is 2.11 bits per heavy atom. The molecule has 1 heterocycles. The van der Waals surface area contributed by atoms with Crippen molar-refractivity contribution in [2.45, 2.75) is 44.3 Å². The highest BCUT2D eigenvalue weighted by atomic mass is 79.9. The van der Waals surface area contributed by atoms with Crippen LogP contribution in [0.3, 0.4) is 0 Å². The average molecular weight is 324 g/mol. The van der Waals surface area contributed by atoms with E-state index in [2.05, 4.69) is 52.4 Å². The van der Waals surface area contributed by atoms with Gasteiger partial charge in [-0.2, -0.15) is 0 Å². The molecule has 2 aliphatic rings. The van der Waals surface area contributed by atoms with Crippen molar-refractivity contribution < 1.29 is 4.74 Å². The fraction of sp³-hybridized carbons (Fsp3) is 0.625. The van der Waals surface area contributed by atoms with Gasteiger partial charge in [0.15, 0.2) is 0 Å². The molecular formula is C16H22BrNO. The molecule has 3 atom stereocenters.